The van der Waals surface area contributed by atoms with Crippen LogP contribution in [0.4, 0.5) is 0 Å². The summed E-state index contributed by atoms with van der Waals surface area (Å²) in [7, 11) is 0. The molecule has 2 atom stereocenters. The van der Waals surface area contributed by atoms with Gasteiger partial charge < -0.3 is 20.3 Å². The Morgan fingerprint density at radius 2 is 0.543 bits per heavy atom. The van der Waals surface area contributed by atoms with Crippen molar-refractivity contribution in [3.63, 3.8) is 0 Å². The molecule has 0 aromatic rings. The second-order valence-corrected chi connectivity index (χ2v) is 29.2. The first kappa shape index (κ1) is 90.1. The zero-order valence-electron chi connectivity index (χ0n) is 62.6. The van der Waals surface area contributed by atoms with Crippen molar-refractivity contribution in [2.45, 2.75) is 488 Å². The SMILES string of the molecule is CCCCCCCCCCCCCCCCCCCC/C=C/C(O)C(CO)NC(=O)CCCCCCCCCCCCCCCCCCC/C=C\C/C=C\CCCCCCCCCCCCCCCCCOC(=O)CCCCCCCCCCCCCCCCCC. The number of esters is 1. The molecule has 544 valence electrons. The molecule has 92 heavy (non-hydrogen) atoms. The number of aliphatic hydroxyl groups excluding tert-OH is 2. The lowest BCUT2D eigenvalue weighted by molar-refractivity contribution is -0.143. The van der Waals surface area contributed by atoms with Crippen LogP contribution in [0, 0.1) is 0 Å². The Morgan fingerprint density at radius 3 is 0.826 bits per heavy atom. The fourth-order valence-electron chi connectivity index (χ4n) is 13.5. The monoisotopic (exact) mass is 1290 g/mol. The second kappa shape index (κ2) is 81.5. The van der Waals surface area contributed by atoms with E-state index in [9.17, 15) is 19.8 Å². The molecule has 0 saturated heterocycles. The number of unbranched alkanes of at least 4 members (excludes halogenated alkanes) is 65. The zero-order valence-corrected chi connectivity index (χ0v) is 62.6. The first-order chi connectivity index (χ1) is 45.5. The Balaban J connectivity index is 3.36. The van der Waals surface area contributed by atoms with Crippen molar-refractivity contribution < 1.29 is 24.5 Å². The Bertz CT molecular complexity index is 1490. The summed E-state index contributed by atoms with van der Waals surface area (Å²) in [6.07, 6.45) is 107. The van der Waals surface area contributed by atoms with Gasteiger partial charge in [-0.25, -0.2) is 0 Å². The third-order valence-electron chi connectivity index (χ3n) is 19.9. The van der Waals surface area contributed by atoms with E-state index in [1.807, 2.05) is 6.08 Å². The number of aliphatic hydroxyl groups is 2. The lowest BCUT2D eigenvalue weighted by atomic mass is 10.0. The molecule has 6 heteroatoms. The first-order valence-corrected chi connectivity index (χ1v) is 42.3. The van der Waals surface area contributed by atoms with E-state index in [4.69, 9.17) is 4.74 Å². The van der Waals surface area contributed by atoms with Crippen LogP contribution in [0.15, 0.2) is 36.5 Å². The molecule has 0 rings (SSSR count). The van der Waals surface area contributed by atoms with Crippen molar-refractivity contribution in [2.75, 3.05) is 13.2 Å². The zero-order chi connectivity index (χ0) is 66.3. The largest absolute Gasteiger partial charge is 0.466 e. The molecule has 0 aliphatic rings. The Hall–Kier alpha value is -1.92. The van der Waals surface area contributed by atoms with Gasteiger partial charge in [-0.1, -0.05) is 436 Å². The van der Waals surface area contributed by atoms with Gasteiger partial charge in [0.1, 0.15) is 0 Å². The highest BCUT2D eigenvalue weighted by atomic mass is 16.5. The minimum atomic E-state index is -0.843. The van der Waals surface area contributed by atoms with Crippen LogP contribution >= 0.6 is 0 Å². The number of hydrogen-bond acceptors (Lipinski definition) is 5. The van der Waals surface area contributed by atoms with Crippen LogP contribution < -0.4 is 5.32 Å². The molecule has 2 unspecified atom stereocenters. The third-order valence-corrected chi connectivity index (χ3v) is 19.9. The standard InChI is InChI=1S/C86H165NO5/c1-3-5-7-9-11-13-15-17-19-21-22-44-47-50-54-58-62-66-70-74-78-84(89)83(82-88)87-85(90)79-75-71-67-63-59-55-51-48-45-42-40-38-36-34-32-30-28-26-24-23-25-27-29-31-33-35-37-39-41-43-46-49-53-57-61-65-69-73-77-81-92-86(91)80-76-72-68-64-60-56-52-20-18-16-14-12-10-8-6-4-2/h23-24,27,29,74,78,83-84,88-89H,3-22,25-26,28,30-73,75-77,79-82H2,1-2H3,(H,87,90)/b24-23-,29-27-,78-74+. The molecule has 0 aromatic carbocycles. The average Bonchev–Trinajstić information content (AvgIpc) is 3.76. The first-order valence-electron chi connectivity index (χ1n) is 42.3. The van der Waals surface area contributed by atoms with Gasteiger partial charge in [0.25, 0.3) is 0 Å². The molecule has 0 radical (unpaired) electrons. The smallest absolute Gasteiger partial charge is 0.305 e. The van der Waals surface area contributed by atoms with Gasteiger partial charge in [-0.05, 0) is 64.2 Å². The van der Waals surface area contributed by atoms with Crippen LogP contribution in [0.2, 0.25) is 0 Å². The van der Waals surface area contributed by atoms with Crippen LogP contribution in [0.25, 0.3) is 0 Å². The summed E-state index contributed by atoms with van der Waals surface area (Å²) in [5.74, 6) is -0.0358. The van der Waals surface area contributed by atoms with Gasteiger partial charge in [0.15, 0.2) is 0 Å². The summed E-state index contributed by atoms with van der Waals surface area (Å²) >= 11 is 0. The van der Waals surface area contributed by atoms with Crippen molar-refractivity contribution in [2.24, 2.45) is 0 Å². The number of nitrogens with one attached hydrogen (secondary N) is 1. The highest BCUT2D eigenvalue weighted by molar-refractivity contribution is 5.76. The van der Waals surface area contributed by atoms with E-state index in [0.29, 0.717) is 19.4 Å². The Labute approximate surface area is 576 Å². The minimum Gasteiger partial charge on any atom is -0.466 e. The van der Waals surface area contributed by atoms with E-state index in [2.05, 4.69) is 43.5 Å². The summed E-state index contributed by atoms with van der Waals surface area (Å²) in [5, 5.41) is 23.3. The van der Waals surface area contributed by atoms with Crippen LogP contribution in [-0.4, -0.2) is 47.4 Å². The van der Waals surface area contributed by atoms with Crippen LogP contribution in [0.5, 0.6) is 0 Å². The van der Waals surface area contributed by atoms with Gasteiger partial charge >= 0.3 is 5.97 Å². The Morgan fingerprint density at radius 1 is 0.304 bits per heavy atom. The molecule has 0 aromatic heterocycles. The molecule has 1 amide bonds. The summed E-state index contributed by atoms with van der Waals surface area (Å²) in [5.41, 5.74) is 0. The van der Waals surface area contributed by atoms with Crippen molar-refractivity contribution in [3.8, 4) is 0 Å². The quantitative estimate of drug-likeness (QED) is 0.0320. The predicted octanol–water partition coefficient (Wildman–Crippen LogP) is 28.2. The molecule has 0 spiro atoms. The molecule has 6 nitrogen and oxygen atoms in total. The predicted molar refractivity (Wildman–Crippen MR) is 407 cm³/mol. The van der Waals surface area contributed by atoms with Crippen molar-refractivity contribution >= 4 is 11.9 Å². The van der Waals surface area contributed by atoms with Gasteiger partial charge in [-0.15, -0.1) is 0 Å². The highest BCUT2D eigenvalue weighted by Crippen LogP contribution is 2.20. The van der Waals surface area contributed by atoms with Crippen LogP contribution in [-0.2, 0) is 14.3 Å². The lowest BCUT2D eigenvalue weighted by Gasteiger charge is -2.20. The number of rotatable bonds is 80. The fraction of sp³-hybridized carbons (Fsp3) is 0.907. The van der Waals surface area contributed by atoms with Crippen molar-refractivity contribution in [1.29, 1.82) is 0 Å². The maximum atomic E-state index is 12.5. The number of ether oxygens (including phenoxy) is 1. The molecule has 0 heterocycles. The third kappa shape index (κ3) is 77.1. The summed E-state index contributed by atoms with van der Waals surface area (Å²) < 4.78 is 5.51. The number of amides is 1. The van der Waals surface area contributed by atoms with Gasteiger partial charge in [0.05, 0.1) is 25.4 Å². The number of allylic oxidation sites excluding steroid dienone is 5. The Kier molecular flexibility index (Phi) is 79.8. The summed E-state index contributed by atoms with van der Waals surface area (Å²) in [4.78, 5) is 24.6. The molecule has 3 N–H and O–H groups in total. The van der Waals surface area contributed by atoms with Crippen molar-refractivity contribution in [3.05, 3.63) is 36.5 Å². The number of carbonyl (C=O) groups is 2. The maximum absolute atomic E-state index is 12.5. The van der Waals surface area contributed by atoms with Gasteiger partial charge in [0, 0.05) is 12.8 Å². The van der Waals surface area contributed by atoms with Gasteiger partial charge in [-0.2, -0.15) is 0 Å². The molecular weight excluding hydrogens is 1130 g/mol. The van der Waals surface area contributed by atoms with Crippen molar-refractivity contribution in [1.82, 2.24) is 5.32 Å². The fourth-order valence-corrected chi connectivity index (χ4v) is 13.5. The van der Waals surface area contributed by atoms with Gasteiger partial charge in [0.2, 0.25) is 5.91 Å². The second-order valence-electron chi connectivity index (χ2n) is 29.2. The highest BCUT2D eigenvalue weighted by Gasteiger charge is 2.18. The molecular formula is C86H165NO5. The minimum absolute atomic E-state index is 0.0245. The molecule has 0 aliphatic carbocycles. The topological polar surface area (TPSA) is 95.9 Å². The molecule has 0 saturated carbocycles. The molecule has 0 aliphatic heterocycles. The van der Waals surface area contributed by atoms with Crippen LogP contribution in [0.3, 0.4) is 0 Å². The normalized spacial score (nSPS) is 12.6. The maximum Gasteiger partial charge on any atom is 0.305 e. The van der Waals surface area contributed by atoms with E-state index in [-0.39, 0.29) is 18.5 Å². The van der Waals surface area contributed by atoms with Gasteiger partial charge in [-0.3, -0.25) is 9.59 Å². The number of hydrogen-bond donors (Lipinski definition) is 3. The van der Waals surface area contributed by atoms with E-state index in [1.54, 1.807) is 6.08 Å². The van der Waals surface area contributed by atoms with E-state index in [0.717, 1.165) is 44.9 Å². The van der Waals surface area contributed by atoms with E-state index < -0.39 is 12.1 Å². The number of carbonyl (C=O) groups excluding carboxylic acids is 2. The average molecular weight is 1290 g/mol. The molecule has 0 fully saturated rings. The van der Waals surface area contributed by atoms with E-state index in [1.165, 1.54) is 405 Å². The van der Waals surface area contributed by atoms with Crippen LogP contribution in [0.1, 0.15) is 476 Å². The molecule has 0 bridgehead atoms. The van der Waals surface area contributed by atoms with E-state index >= 15 is 0 Å². The summed E-state index contributed by atoms with van der Waals surface area (Å²) in [6.45, 7) is 4.96. The summed E-state index contributed by atoms with van der Waals surface area (Å²) in [6, 6.07) is -0.627. The lowest BCUT2D eigenvalue weighted by Crippen LogP contribution is -2.45.